The van der Waals surface area contributed by atoms with Crippen molar-refractivity contribution in [1.29, 1.82) is 0 Å². The van der Waals surface area contributed by atoms with Gasteiger partial charge in [-0.25, -0.2) is 4.39 Å². The normalized spacial score (nSPS) is 12.6. The Balaban J connectivity index is 1.61. The SMILES string of the molecule is COc1ccc(C(=O)NCCc2cc(Cl)c3c(c2)OCCO3)c(F)c1. The largest absolute Gasteiger partial charge is 0.497 e. The van der Waals surface area contributed by atoms with E-state index >= 15 is 0 Å². The molecule has 1 heterocycles. The molecule has 0 saturated carbocycles. The summed E-state index contributed by atoms with van der Waals surface area (Å²) in [6.45, 7) is 1.27. The molecule has 0 radical (unpaired) electrons. The van der Waals surface area contributed by atoms with E-state index in [1.807, 2.05) is 6.07 Å². The maximum Gasteiger partial charge on any atom is 0.254 e. The highest BCUT2D eigenvalue weighted by atomic mass is 35.5. The van der Waals surface area contributed by atoms with Crippen LogP contribution in [0.2, 0.25) is 5.02 Å². The number of fused-ring (bicyclic) bond motifs is 1. The Labute approximate surface area is 149 Å². The Hall–Kier alpha value is -2.47. The summed E-state index contributed by atoms with van der Waals surface area (Å²) in [4.78, 5) is 12.1. The molecule has 2 aromatic carbocycles. The van der Waals surface area contributed by atoms with Gasteiger partial charge in [0.2, 0.25) is 0 Å². The lowest BCUT2D eigenvalue weighted by molar-refractivity contribution is 0.0950. The summed E-state index contributed by atoms with van der Waals surface area (Å²) < 4.78 is 29.8. The molecule has 5 nitrogen and oxygen atoms in total. The summed E-state index contributed by atoms with van der Waals surface area (Å²) >= 11 is 6.18. The van der Waals surface area contributed by atoms with E-state index in [1.54, 1.807) is 12.1 Å². The smallest absolute Gasteiger partial charge is 0.254 e. The predicted molar refractivity (Wildman–Crippen MR) is 91.4 cm³/mol. The summed E-state index contributed by atoms with van der Waals surface area (Å²) in [7, 11) is 1.44. The Kier molecular flexibility index (Phi) is 5.28. The number of methoxy groups -OCH3 is 1. The quantitative estimate of drug-likeness (QED) is 0.883. The molecule has 0 aliphatic carbocycles. The average Bonchev–Trinajstić information content (AvgIpc) is 2.61. The molecule has 0 fully saturated rings. The Morgan fingerprint density at radius 3 is 2.84 bits per heavy atom. The molecule has 1 aliphatic rings. The number of ether oxygens (including phenoxy) is 3. The van der Waals surface area contributed by atoms with E-state index in [4.69, 9.17) is 25.8 Å². The van der Waals surface area contributed by atoms with Crippen molar-refractivity contribution in [2.75, 3.05) is 26.9 Å². The highest BCUT2D eigenvalue weighted by Gasteiger charge is 2.17. The maximum atomic E-state index is 13.9. The van der Waals surface area contributed by atoms with Gasteiger partial charge in [0.05, 0.1) is 17.7 Å². The molecule has 3 rings (SSSR count). The van der Waals surface area contributed by atoms with Crippen LogP contribution in [-0.2, 0) is 6.42 Å². The number of carbonyl (C=O) groups excluding carboxylic acids is 1. The average molecular weight is 366 g/mol. The van der Waals surface area contributed by atoms with Crippen molar-refractivity contribution in [3.05, 3.63) is 52.3 Å². The van der Waals surface area contributed by atoms with Crippen molar-refractivity contribution < 1.29 is 23.4 Å². The minimum Gasteiger partial charge on any atom is -0.497 e. The Morgan fingerprint density at radius 2 is 2.08 bits per heavy atom. The third-order valence-corrected chi connectivity index (χ3v) is 4.06. The van der Waals surface area contributed by atoms with E-state index in [1.165, 1.54) is 19.2 Å². The number of halogens is 2. The van der Waals surface area contributed by atoms with Gasteiger partial charge < -0.3 is 19.5 Å². The monoisotopic (exact) mass is 365 g/mol. The zero-order valence-corrected chi connectivity index (χ0v) is 14.4. The van der Waals surface area contributed by atoms with Crippen LogP contribution in [0.25, 0.3) is 0 Å². The maximum absolute atomic E-state index is 13.9. The summed E-state index contributed by atoms with van der Waals surface area (Å²) in [5, 5.41) is 3.16. The molecule has 1 amide bonds. The fourth-order valence-electron chi connectivity index (χ4n) is 2.53. The third kappa shape index (κ3) is 3.96. The van der Waals surface area contributed by atoms with E-state index in [2.05, 4.69) is 5.32 Å². The third-order valence-electron chi connectivity index (χ3n) is 3.78. The molecule has 0 aromatic heterocycles. The van der Waals surface area contributed by atoms with E-state index in [0.29, 0.717) is 48.5 Å². The van der Waals surface area contributed by atoms with Crippen LogP contribution in [0.3, 0.4) is 0 Å². The van der Waals surface area contributed by atoms with Crippen molar-refractivity contribution >= 4 is 17.5 Å². The molecule has 1 N–H and O–H groups in total. The topological polar surface area (TPSA) is 56.8 Å². The van der Waals surface area contributed by atoms with E-state index in [-0.39, 0.29) is 5.56 Å². The Morgan fingerprint density at radius 1 is 1.28 bits per heavy atom. The van der Waals surface area contributed by atoms with Gasteiger partial charge in [-0.3, -0.25) is 4.79 Å². The number of rotatable bonds is 5. The molecule has 132 valence electrons. The number of nitrogens with one attached hydrogen (secondary N) is 1. The van der Waals surface area contributed by atoms with Gasteiger partial charge in [-0.1, -0.05) is 11.6 Å². The minimum atomic E-state index is -0.626. The second-order valence-electron chi connectivity index (χ2n) is 5.45. The van der Waals surface area contributed by atoms with Crippen LogP contribution >= 0.6 is 11.6 Å². The second kappa shape index (κ2) is 7.61. The first-order chi connectivity index (χ1) is 12.1. The van der Waals surface area contributed by atoms with Crippen molar-refractivity contribution in [3.8, 4) is 17.2 Å². The van der Waals surface area contributed by atoms with Gasteiger partial charge in [0.25, 0.3) is 5.91 Å². The summed E-state index contributed by atoms with van der Waals surface area (Å²) in [6, 6.07) is 7.72. The van der Waals surface area contributed by atoms with Crippen LogP contribution in [-0.4, -0.2) is 32.8 Å². The van der Waals surface area contributed by atoms with Gasteiger partial charge >= 0.3 is 0 Å². The van der Waals surface area contributed by atoms with Gasteiger partial charge in [0, 0.05) is 12.6 Å². The van der Waals surface area contributed by atoms with Crippen LogP contribution < -0.4 is 19.5 Å². The molecule has 1 aliphatic heterocycles. The Bertz CT molecular complexity index is 797. The van der Waals surface area contributed by atoms with Gasteiger partial charge in [0.1, 0.15) is 24.8 Å². The summed E-state index contributed by atoms with van der Waals surface area (Å²) in [5.41, 5.74) is 0.866. The van der Waals surface area contributed by atoms with Crippen molar-refractivity contribution in [1.82, 2.24) is 5.32 Å². The molecule has 0 unspecified atom stereocenters. The number of hydrogen-bond acceptors (Lipinski definition) is 4. The van der Waals surface area contributed by atoms with Crippen molar-refractivity contribution in [2.45, 2.75) is 6.42 Å². The number of amides is 1. The van der Waals surface area contributed by atoms with Crippen molar-refractivity contribution in [3.63, 3.8) is 0 Å². The molecule has 25 heavy (non-hydrogen) atoms. The second-order valence-corrected chi connectivity index (χ2v) is 5.86. The molecule has 0 spiro atoms. The highest BCUT2D eigenvalue weighted by molar-refractivity contribution is 6.32. The number of carbonyl (C=O) groups is 1. The van der Waals surface area contributed by atoms with Crippen LogP contribution in [0.1, 0.15) is 15.9 Å². The van der Waals surface area contributed by atoms with Crippen molar-refractivity contribution in [2.24, 2.45) is 0 Å². The summed E-state index contributed by atoms with van der Waals surface area (Å²) in [6.07, 6.45) is 0.528. The number of hydrogen-bond donors (Lipinski definition) is 1. The number of benzene rings is 2. The van der Waals surface area contributed by atoms with E-state index in [9.17, 15) is 9.18 Å². The van der Waals surface area contributed by atoms with Crippen LogP contribution in [0, 0.1) is 5.82 Å². The molecule has 0 atom stereocenters. The van der Waals surface area contributed by atoms with Crippen LogP contribution in [0.15, 0.2) is 30.3 Å². The molecule has 0 saturated heterocycles. The first kappa shape index (κ1) is 17.4. The van der Waals surface area contributed by atoms with E-state index < -0.39 is 11.7 Å². The van der Waals surface area contributed by atoms with Crippen LogP contribution in [0.4, 0.5) is 4.39 Å². The van der Waals surface area contributed by atoms with E-state index in [0.717, 1.165) is 5.56 Å². The molecule has 0 bridgehead atoms. The first-order valence-electron chi connectivity index (χ1n) is 7.78. The van der Waals surface area contributed by atoms with Gasteiger partial charge in [-0.05, 0) is 36.2 Å². The molecule has 2 aromatic rings. The predicted octanol–water partition coefficient (Wildman–Crippen LogP) is 3.23. The lowest BCUT2D eigenvalue weighted by Crippen LogP contribution is -2.26. The van der Waals surface area contributed by atoms with Crippen LogP contribution in [0.5, 0.6) is 17.2 Å². The lowest BCUT2D eigenvalue weighted by atomic mass is 10.1. The fraction of sp³-hybridized carbons (Fsp3) is 0.278. The highest BCUT2D eigenvalue weighted by Crippen LogP contribution is 2.38. The lowest BCUT2D eigenvalue weighted by Gasteiger charge is -2.20. The summed E-state index contributed by atoms with van der Waals surface area (Å²) in [5.74, 6) is 0.394. The van der Waals surface area contributed by atoms with Gasteiger partial charge in [-0.15, -0.1) is 0 Å². The minimum absolute atomic E-state index is 0.0268. The van der Waals surface area contributed by atoms with Gasteiger partial charge in [0.15, 0.2) is 11.5 Å². The molecular weight excluding hydrogens is 349 g/mol. The zero-order valence-electron chi connectivity index (χ0n) is 13.6. The zero-order chi connectivity index (χ0) is 17.8. The van der Waals surface area contributed by atoms with Gasteiger partial charge in [-0.2, -0.15) is 0 Å². The molecule has 7 heteroatoms. The standard InChI is InChI=1S/C18H17ClFNO4/c1-23-12-2-3-13(15(20)10-12)18(22)21-5-4-11-8-14(19)17-16(9-11)24-6-7-25-17/h2-3,8-10H,4-7H2,1H3,(H,21,22). The fourth-order valence-corrected chi connectivity index (χ4v) is 2.82. The molecular formula is C18H17ClFNO4. The first-order valence-corrected chi connectivity index (χ1v) is 8.16.